The lowest BCUT2D eigenvalue weighted by atomic mass is 10.0. The molecule has 4 aromatic carbocycles. The van der Waals surface area contributed by atoms with Gasteiger partial charge >= 0.3 is 0 Å². The molecule has 0 bridgehead atoms. The molecule has 2 aromatic heterocycles. The first kappa shape index (κ1) is 19.6. The monoisotopic (exact) mass is 450 g/mol. The van der Waals surface area contributed by atoms with Gasteiger partial charge in [-0.1, -0.05) is 36.4 Å². The lowest BCUT2D eigenvalue weighted by molar-refractivity contribution is 0.598. The summed E-state index contributed by atoms with van der Waals surface area (Å²) in [5.74, 6) is 0.694. The van der Waals surface area contributed by atoms with Crippen LogP contribution in [0.3, 0.4) is 0 Å². The van der Waals surface area contributed by atoms with Crippen LogP contribution in [0.2, 0.25) is 0 Å². The van der Waals surface area contributed by atoms with Gasteiger partial charge in [0.2, 0.25) is 10.0 Å². The molecule has 6 aromatic rings. The number of rotatable bonds is 3. The maximum atomic E-state index is 11.7. The Labute approximate surface area is 190 Å². The molecule has 0 amide bonds. The Hall–Kier alpha value is -4.07. The topological polar surface area (TPSA) is 90.9 Å². The number of aromatic nitrogens is 3. The Kier molecular flexibility index (Phi) is 4.29. The molecule has 6 rings (SSSR count). The second-order valence-corrected chi connectivity index (χ2v) is 9.46. The van der Waals surface area contributed by atoms with Crippen LogP contribution in [-0.2, 0) is 10.0 Å². The average molecular weight is 451 g/mol. The molecule has 0 aliphatic heterocycles. The van der Waals surface area contributed by atoms with Gasteiger partial charge in [-0.15, -0.1) is 0 Å². The highest BCUT2D eigenvalue weighted by atomic mass is 32.2. The van der Waals surface area contributed by atoms with Gasteiger partial charge in [0.25, 0.3) is 0 Å². The average Bonchev–Trinajstić information content (AvgIpc) is 3.21. The van der Waals surface area contributed by atoms with Crippen molar-refractivity contribution in [2.75, 3.05) is 0 Å². The minimum absolute atomic E-state index is 0.0622. The van der Waals surface area contributed by atoms with Crippen molar-refractivity contribution >= 4 is 42.6 Å². The van der Waals surface area contributed by atoms with Crippen molar-refractivity contribution in [3.8, 4) is 17.1 Å². The van der Waals surface area contributed by atoms with E-state index in [1.165, 1.54) is 17.5 Å². The van der Waals surface area contributed by atoms with Gasteiger partial charge in [0, 0.05) is 17.1 Å². The number of fused-ring (bicyclic) bond motifs is 3. The van der Waals surface area contributed by atoms with Gasteiger partial charge in [0.1, 0.15) is 5.82 Å². The van der Waals surface area contributed by atoms with Crippen molar-refractivity contribution in [1.29, 1.82) is 0 Å². The highest BCUT2D eigenvalue weighted by molar-refractivity contribution is 7.89. The maximum absolute atomic E-state index is 11.7. The van der Waals surface area contributed by atoms with Gasteiger partial charge in [-0.3, -0.25) is 9.55 Å². The Bertz CT molecular complexity index is 1790. The Morgan fingerprint density at radius 3 is 2.27 bits per heavy atom. The minimum atomic E-state index is -3.78. The fourth-order valence-corrected chi connectivity index (χ4v) is 4.82. The zero-order chi connectivity index (χ0) is 22.6. The molecule has 7 heteroatoms. The maximum Gasteiger partial charge on any atom is 0.238 e. The third-order valence-corrected chi connectivity index (χ3v) is 6.79. The SMILES string of the molecule is NS(=O)(=O)c1ccc(-c2nc3ccncc3n2-c2cccc3cc4ccccc4cc23)cc1. The summed E-state index contributed by atoms with van der Waals surface area (Å²) in [5, 5.41) is 9.81. The number of nitrogens with two attached hydrogens (primary N) is 1. The molecule has 0 spiro atoms. The number of nitrogens with zero attached hydrogens (tertiary/aromatic N) is 3. The third kappa shape index (κ3) is 3.26. The van der Waals surface area contributed by atoms with E-state index in [2.05, 4.69) is 45.9 Å². The van der Waals surface area contributed by atoms with E-state index in [1.807, 2.05) is 24.3 Å². The number of sulfonamides is 1. The Balaban J connectivity index is 1.66. The van der Waals surface area contributed by atoms with Crippen molar-refractivity contribution in [2.24, 2.45) is 5.14 Å². The summed E-state index contributed by atoms with van der Waals surface area (Å²) in [5.41, 5.74) is 3.41. The van der Waals surface area contributed by atoms with E-state index in [1.54, 1.807) is 24.5 Å². The molecule has 0 saturated heterocycles. The number of primary sulfonamides is 1. The van der Waals surface area contributed by atoms with Gasteiger partial charge in [0.05, 0.1) is 27.8 Å². The van der Waals surface area contributed by atoms with Gasteiger partial charge < -0.3 is 0 Å². The molecule has 160 valence electrons. The second kappa shape index (κ2) is 7.23. The highest BCUT2D eigenvalue weighted by Gasteiger charge is 2.17. The number of imidazole rings is 1. The normalized spacial score (nSPS) is 12.0. The summed E-state index contributed by atoms with van der Waals surface area (Å²) in [6.07, 6.45) is 3.51. The molecule has 33 heavy (non-hydrogen) atoms. The zero-order valence-corrected chi connectivity index (χ0v) is 18.2. The molecule has 2 N–H and O–H groups in total. The quantitative estimate of drug-likeness (QED) is 0.382. The van der Waals surface area contributed by atoms with Gasteiger partial charge in [-0.25, -0.2) is 18.5 Å². The molecule has 0 radical (unpaired) electrons. The molecule has 0 saturated carbocycles. The molecule has 0 aliphatic rings. The number of hydrogen-bond donors (Lipinski definition) is 1. The lowest BCUT2D eigenvalue weighted by Gasteiger charge is -2.14. The predicted molar refractivity (Wildman–Crippen MR) is 131 cm³/mol. The standard InChI is InChI=1S/C26H18N4O2S/c27-33(31,32)21-10-8-17(9-11-21)26-29-23-12-13-28-16-25(23)30(26)24-7-3-6-20-14-18-4-1-2-5-19(18)15-22(20)24/h1-16H,(H2,27,31,32). The van der Waals surface area contributed by atoms with Gasteiger partial charge in [0.15, 0.2) is 0 Å². The van der Waals surface area contributed by atoms with E-state index in [-0.39, 0.29) is 4.90 Å². The fourth-order valence-electron chi connectivity index (χ4n) is 4.30. The number of benzene rings is 4. The van der Waals surface area contributed by atoms with E-state index in [9.17, 15) is 8.42 Å². The van der Waals surface area contributed by atoms with Crippen LogP contribution in [-0.4, -0.2) is 23.0 Å². The molecular weight excluding hydrogens is 432 g/mol. The van der Waals surface area contributed by atoms with Crippen LogP contribution in [0, 0.1) is 0 Å². The lowest BCUT2D eigenvalue weighted by Crippen LogP contribution is -2.11. The first-order chi connectivity index (χ1) is 16.0. The second-order valence-electron chi connectivity index (χ2n) is 7.90. The van der Waals surface area contributed by atoms with Gasteiger partial charge in [-0.05, 0) is 64.7 Å². The van der Waals surface area contributed by atoms with Crippen LogP contribution >= 0.6 is 0 Å². The first-order valence-corrected chi connectivity index (χ1v) is 11.9. The van der Waals surface area contributed by atoms with Crippen LogP contribution in [0.1, 0.15) is 0 Å². The smallest absolute Gasteiger partial charge is 0.238 e. The van der Waals surface area contributed by atoms with E-state index in [4.69, 9.17) is 10.1 Å². The third-order valence-electron chi connectivity index (χ3n) is 5.86. The van der Waals surface area contributed by atoms with E-state index >= 15 is 0 Å². The molecule has 0 aliphatic carbocycles. The van der Waals surface area contributed by atoms with Crippen molar-refractivity contribution in [1.82, 2.24) is 14.5 Å². The first-order valence-electron chi connectivity index (χ1n) is 10.4. The predicted octanol–water partition coefficient (Wildman–Crippen LogP) is 5.04. The van der Waals surface area contributed by atoms with Crippen molar-refractivity contribution < 1.29 is 8.42 Å². The van der Waals surface area contributed by atoms with Crippen LogP contribution < -0.4 is 5.14 Å². The minimum Gasteiger partial charge on any atom is -0.290 e. The summed E-state index contributed by atoms with van der Waals surface area (Å²) in [6.45, 7) is 0. The molecule has 6 nitrogen and oxygen atoms in total. The van der Waals surface area contributed by atoms with Crippen molar-refractivity contribution in [3.63, 3.8) is 0 Å². The van der Waals surface area contributed by atoms with Gasteiger partial charge in [-0.2, -0.15) is 0 Å². The number of hydrogen-bond acceptors (Lipinski definition) is 4. The molecule has 0 fully saturated rings. The molecule has 2 heterocycles. The van der Waals surface area contributed by atoms with E-state index in [0.717, 1.165) is 38.4 Å². The van der Waals surface area contributed by atoms with Crippen LogP contribution in [0.15, 0.2) is 102 Å². The number of pyridine rings is 1. The Morgan fingerprint density at radius 1 is 0.788 bits per heavy atom. The summed E-state index contributed by atoms with van der Waals surface area (Å²) in [4.78, 5) is 9.25. The van der Waals surface area contributed by atoms with E-state index in [0.29, 0.717) is 5.82 Å². The van der Waals surface area contributed by atoms with Crippen molar-refractivity contribution in [2.45, 2.75) is 4.90 Å². The molecular formula is C26H18N4O2S. The summed E-state index contributed by atoms with van der Waals surface area (Å²) >= 11 is 0. The summed E-state index contributed by atoms with van der Waals surface area (Å²) < 4.78 is 25.5. The van der Waals surface area contributed by atoms with Crippen LogP contribution in [0.25, 0.3) is 49.7 Å². The fraction of sp³-hybridized carbons (Fsp3) is 0. The summed E-state index contributed by atoms with van der Waals surface area (Å²) in [7, 11) is -3.78. The molecule has 0 unspecified atom stereocenters. The van der Waals surface area contributed by atoms with E-state index < -0.39 is 10.0 Å². The zero-order valence-electron chi connectivity index (χ0n) is 17.4. The van der Waals surface area contributed by atoms with Crippen molar-refractivity contribution in [3.05, 3.63) is 97.3 Å². The van der Waals surface area contributed by atoms with Crippen LogP contribution in [0.4, 0.5) is 0 Å². The van der Waals surface area contributed by atoms with Crippen LogP contribution in [0.5, 0.6) is 0 Å². The highest BCUT2D eigenvalue weighted by Crippen LogP contribution is 2.34. The molecule has 0 atom stereocenters. The summed E-state index contributed by atoms with van der Waals surface area (Å²) in [6, 6.07) is 27.2. The largest absolute Gasteiger partial charge is 0.290 e. The Morgan fingerprint density at radius 2 is 1.52 bits per heavy atom.